The summed E-state index contributed by atoms with van der Waals surface area (Å²) in [6.45, 7) is 4.55. The van der Waals surface area contributed by atoms with Gasteiger partial charge in [0.15, 0.2) is 0 Å². The van der Waals surface area contributed by atoms with Crippen molar-refractivity contribution < 1.29 is 0 Å². The van der Waals surface area contributed by atoms with Crippen molar-refractivity contribution in [3.8, 4) is 0 Å². The minimum Gasteiger partial charge on any atom is -0.0885 e. The van der Waals surface area contributed by atoms with Crippen LogP contribution in [0.3, 0.4) is 0 Å². The molecule has 0 aromatic rings. The molecule has 0 bridgehead atoms. The fourth-order valence-corrected chi connectivity index (χ4v) is 2.40. The Labute approximate surface area is 128 Å². The lowest BCUT2D eigenvalue weighted by atomic mass is 10.1. The maximum atomic E-state index is 2.38. The topological polar surface area (TPSA) is 0 Å². The highest BCUT2D eigenvalue weighted by Gasteiger charge is 1.87. The van der Waals surface area contributed by atoms with Gasteiger partial charge < -0.3 is 0 Å². The van der Waals surface area contributed by atoms with E-state index in [4.69, 9.17) is 0 Å². The first-order valence-electron chi connectivity index (χ1n) is 9.21. The van der Waals surface area contributed by atoms with Crippen LogP contribution in [-0.4, -0.2) is 0 Å². The molecular weight excluding hydrogens is 240 g/mol. The predicted molar refractivity (Wildman–Crippen MR) is 94.3 cm³/mol. The van der Waals surface area contributed by atoms with Crippen LogP contribution in [0.1, 0.15) is 104 Å². The van der Waals surface area contributed by atoms with Crippen molar-refractivity contribution >= 4 is 0 Å². The van der Waals surface area contributed by atoms with Crippen LogP contribution in [0.4, 0.5) is 0 Å². The van der Waals surface area contributed by atoms with Crippen LogP contribution < -0.4 is 0 Å². The first-order valence-corrected chi connectivity index (χ1v) is 9.21. The van der Waals surface area contributed by atoms with Gasteiger partial charge in [-0.2, -0.15) is 0 Å². The van der Waals surface area contributed by atoms with Gasteiger partial charge in [-0.05, 0) is 38.5 Å². The fourth-order valence-electron chi connectivity index (χ4n) is 2.40. The molecule has 0 aliphatic carbocycles. The quantitative estimate of drug-likeness (QED) is 0.214. The average Bonchev–Trinajstić information content (AvgIpc) is 2.47. The molecule has 0 saturated heterocycles. The molecule has 0 spiro atoms. The van der Waals surface area contributed by atoms with Crippen LogP contribution in [0.2, 0.25) is 0 Å². The van der Waals surface area contributed by atoms with E-state index in [0.29, 0.717) is 0 Å². The van der Waals surface area contributed by atoms with Gasteiger partial charge in [0.2, 0.25) is 0 Å². The zero-order valence-electron chi connectivity index (χ0n) is 14.2. The lowest BCUT2D eigenvalue weighted by Gasteiger charge is -1.96. The van der Waals surface area contributed by atoms with Gasteiger partial charge in [0.25, 0.3) is 0 Å². The second kappa shape index (κ2) is 18.5. The molecule has 20 heavy (non-hydrogen) atoms. The third kappa shape index (κ3) is 17.5. The average molecular weight is 279 g/mol. The van der Waals surface area contributed by atoms with Crippen molar-refractivity contribution in [3.63, 3.8) is 0 Å². The molecule has 0 saturated carbocycles. The van der Waals surface area contributed by atoms with Gasteiger partial charge in [0.1, 0.15) is 0 Å². The van der Waals surface area contributed by atoms with E-state index in [1.165, 1.54) is 89.9 Å². The zero-order chi connectivity index (χ0) is 14.7. The van der Waals surface area contributed by atoms with Crippen LogP contribution in [0, 0.1) is 0 Å². The van der Waals surface area contributed by atoms with E-state index in [1.54, 1.807) is 0 Å². The van der Waals surface area contributed by atoms with Gasteiger partial charge in [-0.1, -0.05) is 89.5 Å². The molecule has 0 amide bonds. The summed E-state index contributed by atoms with van der Waals surface area (Å²) < 4.78 is 0. The van der Waals surface area contributed by atoms with Crippen molar-refractivity contribution in [3.05, 3.63) is 24.3 Å². The molecule has 0 radical (unpaired) electrons. The summed E-state index contributed by atoms with van der Waals surface area (Å²) in [5.74, 6) is 0. The summed E-state index contributed by atoms with van der Waals surface area (Å²) >= 11 is 0. The second-order valence-corrected chi connectivity index (χ2v) is 5.93. The molecule has 0 unspecified atom stereocenters. The molecule has 0 N–H and O–H groups in total. The van der Waals surface area contributed by atoms with Crippen molar-refractivity contribution in [2.45, 2.75) is 104 Å². The smallest absolute Gasteiger partial charge is 0.0316 e. The third-order valence-corrected chi connectivity index (χ3v) is 3.78. The van der Waals surface area contributed by atoms with E-state index in [-0.39, 0.29) is 0 Å². The van der Waals surface area contributed by atoms with Crippen LogP contribution >= 0.6 is 0 Å². The van der Waals surface area contributed by atoms with Gasteiger partial charge >= 0.3 is 0 Å². The van der Waals surface area contributed by atoms with E-state index >= 15 is 0 Å². The lowest BCUT2D eigenvalue weighted by Crippen LogP contribution is -1.76. The first kappa shape index (κ1) is 19.5. The SMILES string of the molecule is CCCCCCC/C=C/CC/C=C/CCCCCCC. The summed E-state index contributed by atoms with van der Waals surface area (Å²) in [5.41, 5.74) is 0. The molecule has 0 aromatic carbocycles. The summed E-state index contributed by atoms with van der Waals surface area (Å²) in [4.78, 5) is 0. The number of allylic oxidation sites excluding steroid dienone is 4. The van der Waals surface area contributed by atoms with Crippen molar-refractivity contribution in [2.75, 3.05) is 0 Å². The normalized spacial score (nSPS) is 11.9. The number of hydrogen-bond acceptors (Lipinski definition) is 0. The van der Waals surface area contributed by atoms with Gasteiger partial charge in [-0.15, -0.1) is 0 Å². The molecule has 0 atom stereocenters. The zero-order valence-corrected chi connectivity index (χ0v) is 14.2. The van der Waals surface area contributed by atoms with Gasteiger partial charge in [0, 0.05) is 0 Å². The standard InChI is InChI=1S/C20H38/c1-3-5-7-9-11-13-15-17-19-20-18-16-14-12-10-8-6-4-2/h15-18H,3-14,19-20H2,1-2H3/b17-15+,18-16+. The van der Waals surface area contributed by atoms with Gasteiger partial charge in [0.05, 0.1) is 0 Å². The van der Waals surface area contributed by atoms with E-state index < -0.39 is 0 Å². The molecule has 0 nitrogen and oxygen atoms in total. The highest BCUT2D eigenvalue weighted by molar-refractivity contribution is 4.88. The largest absolute Gasteiger partial charge is 0.0885 e. The van der Waals surface area contributed by atoms with Crippen molar-refractivity contribution in [1.82, 2.24) is 0 Å². The van der Waals surface area contributed by atoms with Crippen LogP contribution in [0.5, 0.6) is 0 Å². The van der Waals surface area contributed by atoms with E-state index in [1.807, 2.05) is 0 Å². The van der Waals surface area contributed by atoms with Gasteiger partial charge in [-0.3, -0.25) is 0 Å². The molecule has 0 heteroatoms. The Hall–Kier alpha value is -0.520. The molecule has 118 valence electrons. The van der Waals surface area contributed by atoms with E-state index in [0.717, 1.165) is 0 Å². The molecule has 0 aliphatic heterocycles. The minimum atomic E-state index is 1.22. The predicted octanol–water partition coefficient (Wildman–Crippen LogP) is 7.60. The summed E-state index contributed by atoms with van der Waals surface area (Å²) in [6, 6.07) is 0. The number of hydrogen-bond donors (Lipinski definition) is 0. The van der Waals surface area contributed by atoms with Crippen LogP contribution in [-0.2, 0) is 0 Å². The Morgan fingerprint density at radius 2 is 0.750 bits per heavy atom. The number of rotatable bonds is 15. The van der Waals surface area contributed by atoms with Crippen LogP contribution in [0.25, 0.3) is 0 Å². The fraction of sp³-hybridized carbons (Fsp3) is 0.800. The molecular formula is C20H38. The molecule has 0 aromatic heterocycles. The maximum absolute atomic E-state index is 2.38. The Morgan fingerprint density at radius 1 is 0.400 bits per heavy atom. The number of unbranched alkanes of at least 4 members (excludes halogenated alkanes) is 11. The second-order valence-electron chi connectivity index (χ2n) is 5.93. The molecule has 0 fully saturated rings. The van der Waals surface area contributed by atoms with E-state index in [9.17, 15) is 0 Å². The molecule has 0 heterocycles. The molecule has 0 aliphatic rings. The summed E-state index contributed by atoms with van der Waals surface area (Å²) in [6.07, 6.45) is 28.4. The Kier molecular flexibility index (Phi) is 18.0. The highest BCUT2D eigenvalue weighted by atomic mass is 13.9. The van der Waals surface area contributed by atoms with Crippen molar-refractivity contribution in [1.29, 1.82) is 0 Å². The maximum Gasteiger partial charge on any atom is -0.0316 e. The minimum absolute atomic E-state index is 1.22. The highest BCUT2D eigenvalue weighted by Crippen LogP contribution is 2.07. The monoisotopic (exact) mass is 278 g/mol. The third-order valence-electron chi connectivity index (χ3n) is 3.78. The van der Waals surface area contributed by atoms with Crippen molar-refractivity contribution in [2.24, 2.45) is 0 Å². The van der Waals surface area contributed by atoms with E-state index in [2.05, 4.69) is 38.2 Å². The molecule has 0 rings (SSSR count). The lowest BCUT2D eigenvalue weighted by molar-refractivity contribution is 0.636. The first-order chi connectivity index (χ1) is 9.91. The Bertz CT molecular complexity index is 188. The summed E-state index contributed by atoms with van der Waals surface area (Å²) in [5, 5.41) is 0. The Balaban J connectivity index is 3.13. The summed E-state index contributed by atoms with van der Waals surface area (Å²) in [7, 11) is 0. The van der Waals surface area contributed by atoms with Gasteiger partial charge in [-0.25, -0.2) is 0 Å². The Morgan fingerprint density at radius 3 is 1.15 bits per heavy atom. The van der Waals surface area contributed by atoms with Crippen LogP contribution in [0.15, 0.2) is 24.3 Å².